The highest BCUT2D eigenvalue weighted by Gasteiger charge is 2.25. The average molecular weight is 226 g/mol. The van der Waals surface area contributed by atoms with Gasteiger partial charge in [-0.1, -0.05) is 53.4 Å². The van der Waals surface area contributed by atoms with Crippen molar-refractivity contribution >= 4 is 0 Å². The molecular weight excluding hydrogens is 196 g/mol. The van der Waals surface area contributed by atoms with E-state index in [2.05, 4.69) is 33.1 Å². The highest BCUT2D eigenvalue weighted by molar-refractivity contribution is 4.79. The number of hydrogen-bond acceptors (Lipinski definition) is 2. The minimum Gasteiger partial charge on any atom is -0.271 e. The summed E-state index contributed by atoms with van der Waals surface area (Å²) in [7, 11) is 0. The van der Waals surface area contributed by atoms with Crippen molar-refractivity contribution in [3.63, 3.8) is 0 Å². The summed E-state index contributed by atoms with van der Waals surface area (Å²) < 4.78 is 0. The Morgan fingerprint density at radius 2 is 1.81 bits per heavy atom. The predicted octanol–water partition coefficient (Wildman–Crippen LogP) is 3.47. The van der Waals surface area contributed by atoms with Crippen LogP contribution in [0.1, 0.15) is 66.2 Å². The van der Waals surface area contributed by atoms with Crippen molar-refractivity contribution in [2.75, 3.05) is 0 Å². The molecule has 1 rings (SSSR count). The Hall–Kier alpha value is -0.0800. The minimum atomic E-state index is 0.394. The first-order valence-electron chi connectivity index (χ1n) is 6.89. The molecule has 0 heterocycles. The summed E-state index contributed by atoms with van der Waals surface area (Å²) in [4.78, 5) is 0. The van der Waals surface area contributed by atoms with Gasteiger partial charge in [0.15, 0.2) is 0 Å². The van der Waals surface area contributed by atoms with Crippen LogP contribution in [0.2, 0.25) is 0 Å². The van der Waals surface area contributed by atoms with Gasteiger partial charge in [-0.3, -0.25) is 11.3 Å². The summed E-state index contributed by atoms with van der Waals surface area (Å²) in [6.07, 6.45) is 8.17. The maximum absolute atomic E-state index is 5.69. The largest absolute Gasteiger partial charge is 0.271 e. The van der Waals surface area contributed by atoms with Gasteiger partial charge in [0.2, 0.25) is 0 Å². The molecule has 3 N–H and O–H groups in total. The van der Waals surface area contributed by atoms with Crippen LogP contribution in [-0.2, 0) is 0 Å². The molecule has 0 aromatic carbocycles. The minimum absolute atomic E-state index is 0.394. The third kappa shape index (κ3) is 4.42. The van der Waals surface area contributed by atoms with Crippen molar-refractivity contribution in [3.8, 4) is 0 Å². The Labute approximate surface area is 101 Å². The Kier molecular flexibility index (Phi) is 5.26. The van der Waals surface area contributed by atoms with E-state index in [0.717, 1.165) is 11.8 Å². The molecule has 0 aromatic rings. The van der Waals surface area contributed by atoms with E-state index in [4.69, 9.17) is 5.84 Å². The Balaban J connectivity index is 2.36. The summed E-state index contributed by atoms with van der Waals surface area (Å²) in [6, 6.07) is 0.511. The summed E-state index contributed by atoms with van der Waals surface area (Å²) in [5, 5.41) is 0. The van der Waals surface area contributed by atoms with Gasteiger partial charge in [-0.15, -0.1) is 0 Å². The molecule has 2 heteroatoms. The van der Waals surface area contributed by atoms with E-state index in [1.54, 1.807) is 0 Å². The molecule has 1 aliphatic rings. The molecule has 2 unspecified atom stereocenters. The van der Waals surface area contributed by atoms with Crippen LogP contribution in [0, 0.1) is 17.3 Å². The van der Waals surface area contributed by atoms with E-state index in [9.17, 15) is 0 Å². The zero-order valence-electron chi connectivity index (χ0n) is 11.6. The summed E-state index contributed by atoms with van der Waals surface area (Å²) in [5.74, 6) is 7.33. The lowest BCUT2D eigenvalue weighted by Gasteiger charge is -2.31. The molecule has 0 amide bonds. The van der Waals surface area contributed by atoms with Crippen molar-refractivity contribution in [2.45, 2.75) is 72.3 Å². The second-order valence-electron chi connectivity index (χ2n) is 6.75. The molecular formula is C14H30N2. The maximum atomic E-state index is 5.69. The van der Waals surface area contributed by atoms with Gasteiger partial charge in [-0.05, 0) is 30.1 Å². The molecule has 1 fully saturated rings. The van der Waals surface area contributed by atoms with Crippen molar-refractivity contribution in [3.05, 3.63) is 0 Å². The summed E-state index contributed by atoms with van der Waals surface area (Å²) in [6.45, 7) is 9.31. The standard InChI is InChI=1S/C14H30N2/c1-11(14(2,3)4)9-13(16-15)10-12-7-5-6-8-12/h11-13,16H,5-10,15H2,1-4H3. The third-order valence-electron chi connectivity index (χ3n) is 4.44. The molecule has 0 saturated heterocycles. The van der Waals surface area contributed by atoms with Gasteiger partial charge in [-0.2, -0.15) is 0 Å². The van der Waals surface area contributed by atoms with Gasteiger partial charge in [0.1, 0.15) is 0 Å². The molecule has 0 aromatic heterocycles. The summed E-state index contributed by atoms with van der Waals surface area (Å²) in [5.41, 5.74) is 3.43. The molecule has 96 valence electrons. The quantitative estimate of drug-likeness (QED) is 0.556. The van der Waals surface area contributed by atoms with Crippen molar-refractivity contribution < 1.29 is 0 Å². The second kappa shape index (κ2) is 6.02. The summed E-state index contributed by atoms with van der Waals surface area (Å²) >= 11 is 0. The second-order valence-corrected chi connectivity index (χ2v) is 6.75. The van der Waals surface area contributed by atoms with Crippen LogP contribution in [-0.4, -0.2) is 6.04 Å². The van der Waals surface area contributed by atoms with E-state index < -0.39 is 0 Å². The normalized spacial score (nSPS) is 22.3. The van der Waals surface area contributed by atoms with Gasteiger partial charge in [0, 0.05) is 6.04 Å². The monoisotopic (exact) mass is 226 g/mol. The molecule has 16 heavy (non-hydrogen) atoms. The van der Waals surface area contributed by atoms with Crippen molar-refractivity contribution in [1.82, 2.24) is 5.43 Å². The number of hydrogen-bond donors (Lipinski definition) is 2. The molecule has 1 aliphatic carbocycles. The van der Waals surface area contributed by atoms with E-state index >= 15 is 0 Å². The number of hydrazine groups is 1. The van der Waals surface area contributed by atoms with Gasteiger partial charge in [0.05, 0.1) is 0 Å². The Bertz CT molecular complexity index is 189. The topological polar surface area (TPSA) is 38.0 Å². The first kappa shape index (κ1) is 14.0. The van der Waals surface area contributed by atoms with Crippen molar-refractivity contribution in [1.29, 1.82) is 0 Å². The first-order chi connectivity index (χ1) is 7.43. The Morgan fingerprint density at radius 1 is 1.25 bits per heavy atom. The van der Waals surface area contributed by atoms with E-state index in [1.807, 2.05) is 0 Å². The zero-order chi connectivity index (χ0) is 12.2. The lowest BCUT2D eigenvalue weighted by Crippen LogP contribution is -2.39. The van der Waals surface area contributed by atoms with Crippen LogP contribution in [0.5, 0.6) is 0 Å². The lowest BCUT2D eigenvalue weighted by atomic mass is 9.77. The highest BCUT2D eigenvalue weighted by Crippen LogP contribution is 2.33. The molecule has 2 atom stereocenters. The number of nitrogens with one attached hydrogen (secondary N) is 1. The third-order valence-corrected chi connectivity index (χ3v) is 4.44. The molecule has 0 spiro atoms. The number of nitrogens with two attached hydrogens (primary N) is 1. The van der Waals surface area contributed by atoms with Crippen LogP contribution in [0.4, 0.5) is 0 Å². The molecule has 0 bridgehead atoms. The van der Waals surface area contributed by atoms with Crippen LogP contribution >= 0.6 is 0 Å². The highest BCUT2D eigenvalue weighted by atomic mass is 15.2. The van der Waals surface area contributed by atoms with Gasteiger partial charge in [-0.25, -0.2) is 0 Å². The Morgan fingerprint density at radius 3 is 2.25 bits per heavy atom. The number of rotatable bonds is 5. The molecule has 1 saturated carbocycles. The lowest BCUT2D eigenvalue weighted by molar-refractivity contribution is 0.210. The van der Waals surface area contributed by atoms with Crippen molar-refractivity contribution in [2.24, 2.45) is 23.1 Å². The van der Waals surface area contributed by atoms with E-state index in [0.29, 0.717) is 11.5 Å². The zero-order valence-corrected chi connectivity index (χ0v) is 11.6. The molecule has 0 aliphatic heterocycles. The van der Waals surface area contributed by atoms with Crippen LogP contribution in [0.3, 0.4) is 0 Å². The average Bonchev–Trinajstić information content (AvgIpc) is 2.67. The van der Waals surface area contributed by atoms with Gasteiger partial charge >= 0.3 is 0 Å². The van der Waals surface area contributed by atoms with E-state index in [-0.39, 0.29) is 0 Å². The fraction of sp³-hybridized carbons (Fsp3) is 1.00. The van der Waals surface area contributed by atoms with Crippen LogP contribution < -0.4 is 11.3 Å². The van der Waals surface area contributed by atoms with Crippen LogP contribution in [0.15, 0.2) is 0 Å². The predicted molar refractivity (Wildman–Crippen MR) is 70.9 cm³/mol. The first-order valence-corrected chi connectivity index (χ1v) is 6.89. The SMILES string of the molecule is CC(CC(CC1CCCC1)NN)C(C)(C)C. The molecule has 2 nitrogen and oxygen atoms in total. The van der Waals surface area contributed by atoms with Gasteiger partial charge in [0.25, 0.3) is 0 Å². The van der Waals surface area contributed by atoms with E-state index in [1.165, 1.54) is 38.5 Å². The smallest absolute Gasteiger partial charge is 0.0215 e. The van der Waals surface area contributed by atoms with Crippen LogP contribution in [0.25, 0.3) is 0 Å². The molecule has 0 radical (unpaired) electrons. The van der Waals surface area contributed by atoms with Gasteiger partial charge < -0.3 is 0 Å². The fourth-order valence-electron chi connectivity index (χ4n) is 2.66. The maximum Gasteiger partial charge on any atom is 0.0215 e. The fourth-order valence-corrected chi connectivity index (χ4v) is 2.66.